The molecule has 0 aliphatic carbocycles. The largest absolute Gasteiger partial charge is 0.744 e. The van der Waals surface area contributed by atoms with E-state index in [2.05, 4.69) is 15.9 Å². The van der Waals surface area contributed by atoms with Gasteiger partial charge in [-0.1, -0.05) is 28.1 Å². The number of hydrogen-bond acceptors (Lipinski definition) is 3. The van der Waals surface area contributed by atoms with E-state index < -0.39 is 10.1 Å². The third kappa shape index (κ3) is 2.30. The summed E-state index contributed by atoms with van der Waals surface area (Å²) < 4.78 is 31.4. The lowest BCUT2D eigenvalue weighted by Gasteiger charge is -2.06. The van der Waals surface area contributed by atoms with Crippen LogP contribution in [0.3, 0.4) is 0 Å². The average Bonchev–Trinajstić information content (AvgIpc) is 2.03. The lowest BCUT2D eigenvalue weighted by molar-refractivity contribution is 0.463. The molecule has 3 nitrogen and oxygen atoms in total. The van der Waals surface area contributed by atoms with Gasteiger partial charge in [-0.2, -0.15) is 0 Å². The molecule has 0 saturated heterocycles. The molecule has 0 N–H and O–H groups in total. The van der Waals surface area contributed by atoms with Crippen LogP contribution in [-0.4, -0.2) is 13.0 Å². The molecule has 0 bridgehead atoms. The van der Waals surface area contributed by atoms with Crippen LogP contribution in [-0.2, 0) is 15.4 Å². The Morgan fingerprint density at radius 1 is 1.25 bits per heavy atom. The Bertz CT molecular complexity index is 355. The molecule has 0 aromatic heterocycles. The third-order valence-electron chi connectivity index (χ3n) is 1.37. The van der Waals surface area contributed by atoms with Crippen LogP contribution in [0.2, 0.25) is 0 Å². The lowest BCUT2D eigenvalue weighted by atomic mass is 10.2. The molecule has 0 aliphatic rings. The summed E-state index contributed by atoms with van der Waals surface area (Å²) >= 11 is 3.20. The summed E-state index contributed by atoms with van der Waals surface area (Å²) in [6, 6.07) is 5.80. The molecule has 1 aromatic rings. The van der Waals surface area contributed by atoms with E-state index in [9.17, 15) is 13.0 Å². The molecule has 1 aromatic carbocycles. The molecule has 0 heterocycles. The van der Waals surface area contributed by atoms with E-state index in [1.807, 2.05) is 0 Å². The Balaban J connectivity index is 3.09. The van der Waals surface area contributed by atoms with E-state index in [1.165, 1.54) is 12.1 Å². The predicted molar refractivity (Wildman–Crippen MR) is 47.0 cm³/mol. The topological polar surface area (TPSA) is 57.2 Å². The second-order valence-electron chi connectivity index (χ2n) is 2.23. The Labute approximate surface area is 79.3 Å². The van der Waals surface area contributed by atoms with Crippen molar-refractivity contribution in [2.24, 2.45) is 0 Å². The Kier molecular flexibility index (Phi) is 2.87. The molecule has 0 aliphatic heterocycles. The highest BCUT2D eigenvalue weighted by molar-refractivity contribution is 9.08. The minimum Gasteiger partial charge on any atom is -0.744 e. The van der Waals surface area contributed by atoms with Crippen molar-refractivity contribution in [1.29, 1.82) is 0 Å². The van der Waals surface area contributed by atoms with Gasteiger partial charge in [0.05, 0.1) is 4.90 Å². The highest BCUT2D eigenvalue weighted by Gasteiger charge is 1.99. The zero-order chi connectivity index (χ0) is 9.19. The average molecular weight is 250 g/mol. The molecule has 12 heavy (non-hydrogen) atoms. The van der Waals surface area contributed by atoms with E-state index in [4.69, 9.17) is 0 Å². The molecule has 0 saturated carbocycles. The molecular weight excluding hydrogens is 244 g/mol. The van der Waals surface area contributed by atoms with Crippen LogP contribution >= 0.6 is 15.9 Å². The van der Waals surface area contributed by atoms with Crippen molar-refractivity contribution < 1.29 is 13.0 Å². The molecule has 0 amide bonds. The summed E-state index contributed by atoms with van der Waals surface area (Å²) in [5.74, 6) is 0. The van der Waals surface area contributed by atoms with Gasteiger partial charge in [0.1, 0.15) is 10.1 Å². The Morgan fingerprint density at radius 3 is 2.08 bits per heavy atom. The van der Waals surface area contributed by atoms with Gasteiger partial charge in [-0.05, 0) is 17.7 Å². The normalized spacial score (nSPS) is 11.5. The molecule has 0 unspecified atom stereocenters. The summed E-state index contributed by atoms with van der Waals surface area (Å²) in [6.45, 7) is 0. The molecule has 66 valence electrons. The van der Waals surface area contributed by atoms with E-state index in [0.717, 1.165) is 5.56 Å². The first-order valence-corrected chi connectivity index (χ1v) is 5.68. The second-order valence-corrected chi connectivity index (χ2v) is 4.17. The minimum absolute atomic E-state index is 0.188. The van der Waals surface area contributed by atoms with E-state index >= 15 is 0 Å². The fraction of sp³-hybridized carbons (Fsp3) is 0.143. The second kappa shape index (κ2) is 3.55. The molecule has 0 spiro atoms. The maximum absolute atomic E-state index is 10.5. The Hall–Kier alpha value is -0.390. The first kappa shape index (κ1) is 9.70. The molecule has 0 atom stereocenters. The van der Waals surface area contributed by atoms with E-state index in [0.29, 0.717) is 5.33 Å². The van der Waals surface area contributed by atoms with Crippen LogP contribution in [0.1, 0.15) is 5.56 Å². The van der Waals surface area contributed by atoms with Gasteiger partial charge in [0, 0.05) is 5.33 Å². The van der Waals surface area contributed by atoms with Crippen molar-refractivity contribution in [1.82, 2.24) is 0 Å². The lowest BCUT2D eigenvalue weighted by Crippen LogP contribution is -1.97. The first-order valence-electron chi connectivity index (χ1n) is 3.15. The molecular formula is C7H6BrO3S-. The van der Waals surface area contributed by atoms with Gasteiger partial charge in [-0.15, -0.1) is 0 Å². The van der Waals surface area contributed by atoms with Crippen molar-refractivity contribution in [2.75, 3.05) is 0 Å². The number of halogens is 1. The van der Waals surface area contributed by atoms with Crippen molar-refractivity contribution in [3.05, 3.63) is 29.8 Å². The number of alkyl halides is 1. The van der Waals surface area contributed by atoms with Crippen molar-refractivity contribution >= 4 is 26.0 Å². The van der Waals surface area contributed by atoms with Crippen LogP contribution < -0.4 is 0 Å². The van der Waals surface area contributed by atoms with Crippen LogP contribution in [0.15, 0.2) is 29.2 Å². The molecule has 0 fully saturated rings. The van der Waals surface area contributed by atoms with Crippen LogP contribution in [0.4, 0.5) is 0 Å². The monoisotopic (exact) mass is 249 g/mol. The van der Waals surface area contributed by atoms with E-state index in [1.54, 1.807) is 12.1 Å². The van der Waals surface area contributed by atoms with Gasteiger partial charge in [0.2, 0.25) is 0 Å². The zero-order valence-electron chi connectivity index (χ0n) is 6.03. The molecule has 5 heteroatoms. The smallest absolute Gasteiger partial charge is 0.124 e. The SMILES string of the molecule is O=S(=O)([O-])c1ccc(CBr)cc1. The summed E-state index contributed by atoms with van der Waals surface area (Å²) in [4.78, 5) is -0.188. The number of hydrogen-bond donors (Lipinski definition) is 0. The van der Waals surface area contributed by atoms with Crippen LogP contribution in [0.5, 0.6) is 0 Å². The Morgan fingerprint density at radius 2 is 1.75 bits per heavy atom. The van der Waals surface area contributed by atoms with Gasteiger partial charge in [0.15, 0.2) is 0 Å². The van der Waals surface area contributed by atoms with Crippen molar-refractivity contribution in [2.45, 2.75) is 10.2 Å². The third-order valence-corrected chi connectivity index (χ3v) is 2.86. The van der Waals surface area contributed by atoms with Crippen molar-refractivity contribution in [3.63, 3.8) is 0 Å². The maximum atomic E-state index is 10.5. The first-order chi connectivity index (χ1) is 5.54. The van der Waals surface area contributed by atoms with Crippen molar-refractivity contribution in [3.8, 4) is 0 Å². The quantitative estimate of drug-likeness (QED) is 0.590. The fourth-order valence-electron chi connectivity index (χ4n) is 0.745. The zero-order valence-corrected chi connectivity index (χ0v) is 8.43. The highest BCUT2D eigenvalue weighted by atomic mass is 79.9. The highest BCUT2D eigenvalue weighted by Crippen LogP contribution is 2.11. The summed E-state index contributed by atoms with van der Waals surface area (Å²) in [5, 5.41) is 0.645. The summed E-state index contributed by atoms with van der Waals surface area (Å²) in [7, 11) is -4.29. The summed E-state index contributed by atoms with van der Waals surface area (Å²) in [6.07, 6.45) is 0. The molecule has 1 rings (SSSR count). The summed E-state index contributed by atoms with van der Waals surface area (Å²) in [5.41, 5.74) is 0.933. The van der Waals surface area contributed by atoms with Crippen LogP contribution in [0.25, 0.3) is 0 Å². The number of benzene rings is 1. The van der Waals surface area contributed by atoms with E-state index in [-0.39, 0.29) is 4.90 Å². The van der Waals surface area contributed by atoms with Gasteiger partial charge in [0.25, 0.3) is 0 Å². The fourth-order valence-corrected chi connectivity index (χ4v) is 1.59. The van der Waals surface area contributed by atoms with Gasteiger partial charge in [-0.3, -0.25) is 0 Å². The molecule has 0 radical (unpaired) electrons. The van der Waals surface area contributed by atoms with Gasteiger partial charge < -0.3 is 4.55 Å². The minimum atomic E-state index is -4.29. The number of rotatable bonds is 2. The van der Waals surface area contributed by atoms with Crippen LogP contribution in [0, 0.1) is 0 Å². The standard InChI is InChI=1S/C7H7BrO3S/c8-5-6-1-3-7(4-2-6)12(9,10)11/h1-4H,5H2,(H,9,10,11)/p-1. The van der Waals surface area contributed by atoms with Gasteiger partial charge >= 0.3 is 0 Å². The predicted octanol–water partition coefficient (Wildman–Crippen LogP) is 1.49. The van der Waals surface area contributed by atoms with Gasteiger partial charge in [-0.25, -0.2) is 8.42 Å². The maximum Gasteiger partial charge on any atom is 0.124 e.